The summed E-state index contributed by atoms with van der Waals surface area (Å²) in [6, 6.07) is 5.16. The highest BCUT2D eigenvalue weighted by atomic mass is 32.2. The first-order valence-corrected chi connectivity index (χ1v) is 39.5. The minimum atomic E-state index is -4.11. The van der Waals surface area contributed by atoms with Crippen LogP contribution in [0.15, 0.2) is 60.7 Å². The fourth-order valence-corrected chi connectivity index (χ4v) is 13.8. The van der Waals surface area contributed by atoms with Crippen LogP contribution in [-0.4, -0.2) is 260 Å². The van der Waals surface area contributed by atoms with Crippen molar-refractivity contribution in [3.63, 3.8) is 0 Å². The van der Waals surface area contributed by atoms with Crippen LogP contribution >= 0.6 is 0 Å². The highest BCUT2D eigenvalue weighted by Gasteiger charge is 2.43. The van der Waals surface area contributed by atoms with Gasteiger partial charge in [-0.2, -0.15) is 0 Å². The maximum atomic E-state index is 15.4. The number of carbonyl (C=O) groups excluding carboxylic acids is 13. The summed E-state index contributed by atoms with van der Waals surface area (Å²) in [7, 11) is 4.22. The average Bonchev–Trinajstić information content (AvgIpc) is 0.825. The summed E-state index contributed by atoms with van der Waals surface area (Å²) < 4.78 is 26.5. The van der Waals surface area contributed by atoms with Crippen LogP contribution in [0.4, 0.5) is 0 Å². The number of nitrogens with zero attached hydrogens (tertiary/aromatic N) is 8. The minimum Gasteiger partial charge on any atom is -0.342 e. The largest absolute Gasteiger partial charge is 0.342 e. The Morgan fingerprint density at radius 3 is 1.32 bits per heavy atom. The van der Waals surface area contributed by atoms with E-state index in [2.05, 4.69) is 21.3 Å². The molecule has 1 unspecified atom stereocenters. The lowest BCUT2D eigenvalue weighted by Gasteiger charge is -2.37. The number of carbonyl (C=O) groups is 13. The molecule has 0 spiro atoms. The van der Waals surface area contributed by atoms with Crippen LogP contribution in [0.1, 0.15) is 171 Å². The van der Waals surface area contributed by atoms with Gasteiger partial charge in [0.25, 0.3) is 0 Å². The van der Waals surface area contributed by atoms with Gasteiger partial charge in [0, 0.05) is 81.2 Å². The molecule has 0 aromatic heterocycles. The molecular weight excluding hydrogens is 1380 g/mol. The monoisotopic (exact) mass is 1500 g/mol. The van der Waals surface area contributed by atoms with Gasteiger partial charge in [-0.15, -0.1) is 0 Å². The summed E-state index contributed by atoms with van der Waals surface area (Å²) in [5.41, 5.74) is 1.22. The maximum absolute atomic E-state index is 15.4. The van der Waals surface area contributed by atoms with Crippen LogP contribution in [0.3, 0.4) is 0 Å². The van der Waals surface area contributed by atoms with Gasteiger partial charge in [0.05, 0.1) is 25.8 Å². The van der Waals surface area contributed by atoms with Gasteiger partial charge >= 0.3 is 0 Å². The van der Waals surface area contributed by atoms with Crippen molar-refractivity contribution in [1.29, 1.82) is 0 Å². The van der Waals surface area contributed by atoms with Gasteiger partial charge in [0.1, 0.15) is 54.4 Å². The first kappa shape index (κ1) is 89.9. The number of hydrogen-bond acceptors (Lipinski definition) is 15. The number of benzene rings is 2. The lowest BCUT2D eigenvalue weighted by Crippen LogP contribution is -2.61. The molecule has 592 valence electrons. The van der Waals surface area contributed by atoms with Crippen molar-refractivity contribution in [3.8, 4) is 0 Å². The molecule has 2 saturated heterocycles. The summed E-state index contributed by atoms with van der Waals surface area (Å²) in [5, 5.41) is 11.4. The standard InChI is InChI=1S/C77H123N13O15S/c1-19-20-36-90-48-68(94)84(13)63(44-54-30-24-21-25-31-54)72(98)78-56(34-35-65(91)82-106(18,104)105)74(100)86(15)60(41-51(6)7)69(95)79-57(39-49(2)3)73(99)83(12)47-67(93)85(14)64(45-55-32-26-22-27-33-55)77(103)88(17)62(43-53(10)11)71(97)80-58(40-50(4)5)75(101)87(16)61(42-52(8)9)70(96)81-59(46-66(90)92)76(102)89-37-28-23-29-38-89/h21-22,24-27,30-33,49-53,56-64H,19-20,23,28-29,34-48H2,1-18H3,(H,78,98)(H,79,95)(H,80,97)(H,81,96)(H,82,91)/t56?,57-,58-,59-,60-,61-,62-,63-,64-/m0/s1. The van der Waals surface area contributed by atoms with E-state index >= 15 is 43.2 Å². The molecule has 2 fully saturated rings. The molecule has 0 aliphatic carbocycles. The van der Waals surface area contributed by atoms with E-state index in [0.717, 1.165) is 27.4 Å². The van der Waals surface area contributed by atoms with E-state index in [9.17, 15) is 27.6 Å². The van der Waals surface area contributed by atoms with Crippen molar-refractivity contribution in [2.75, 3.05) is 81.3 Å². The molecule has 28 nitrogen and oxygen atoms in total. The van der Waals surface area contributed by atoms with Gasteiger partial charge < -0.3 is 60.5 Å². The number of piperidine rings is 1. The van der Waals surface area contributed by atoms with Gasteiger partial charge in [-0.3, -0.25) is 67.1 Å². The van der Waals surface area contributed by atoms with Crippen molar-refractivity contribution in [2.24, 2.45) is 29.6 Å². The molecule has 9 atom stereocenters. The van der Waals surface area contributed by atoms with E-state index in [4.69, 9.17) is 0 Å². The Labute approximate surface area is 629 Å². The number of amides is 13. The summed E-state index contributed by atoms with van der Waals surface area (Å²) in [6.07, 6.45) is 2.17. The lowest BCUT2D eigenvalue weighted by molar-refractivity contribution is -0.150. The molecule has 2 heterocycles. The predicted octanol–water partition coefficient (Wildman–Crippen LogP) is 4.14. The second kappa shape index (κ2) is 42.7. The van der Waals surface area contributed by atoms with Crippen LogP contribution < -0.4 is 26.0 Å². The number of hydrogen-bond donors (Lipinski definition) is 5. The Balaban J connectivity index is 2.03. The first-order chi connectivity index (χ1) is 49.7. The van der Waals surface area contributed by atoms with Crippen LogP contribution in [0.5, 0.6) is 0 Å². The number of nitrogens with one attached hydrogen (secondary N) is 5. The van der Waals surface area contributed by atoms with Crippen LogP contribution in [-0.2, 0) is 85.2 Å². The third kappa shape index (κ3) is 28.3. The SMILES string of the molecule is CCCCN1CC(=O)N(C)[C@@H](Cc2ccccc2)C(=O)NC(CCC(=O)NS(C)(=O)=O)C(=O)N(C)[C@@H](CC(C)C)C(=O)N[C@@H](CC(C)C)C(=O)N(C)CC(=O)N(C)[C@@H](Cc2ccccc2)C(=O)N(C)[C@@H](CC(C)C)C(=O)N[C@@H](CC(C)C)C(=O)N(C)[C@@H](CC(C)C)C(=O)N[C@H](C(=O)N2CCCCC2)CC1=O. The molecule has 0 saturated carbocycles. The average molecular weight is 1500 g/mol. The molecule has 13 amide bonds. The molecular formula is C77H123N13O15S. The highest BCUT2D eigenvalue weighted by molar-refractivity contribution is 7.89. The quantitative estimate of drug-likeness (QED) is 0.111. The van der Waals surface area contributed by atoms with Gasteiger partial charge in [-0.1, -0.05) is 143 Å². The number of likely N-dealkylation sites (N-methyl/N-ethyl adjacent to an activating group) is 6. The third-order valence-corrected chi connectivity index (χ3v) is 20.0. The minimum absolute atomic E-state index is 0.00116. The molecule has 4 rings (SSSR count). The Morgan fingerprint density at radius 2 is 0.868 bits per heavy atom. The molecule has 5 N–H and O–H groups in total. The van der Waals surface area contributed by atoms with E-state index < -0.39 is 174 Å². The van der Waals surface area contributed by atoms with Crippen molar-refractivity contribution in [1.82, 2.24) is 65.2 Å². The van der Waals surface area contributed by atoms with Gasteiger partial charge in [0.15, 0.2) is 0 Å². The summed E-state index contributed by atoms with van der Waals surface area (Å²) >= 11 is 0. The molecule has 2 aliphatic rings. The zero-order valence-electron chi connectivity index (χ0n) is 66.1. The fraction of sp³-hybridized carbons (Fsp3) is 0.675. The first-order valence-electron chi connectivity index (χ1n) is 37.6. The molecule has 29 heteroatoms. The Morgan fingerprint density at radius 1 is 0.472 bits per heavy atom. The van der Waals surface area contributed by atoms with E-state index in [0.29, 0.717) is 49.9 Å². The lowest BCUT2D eigenvalue weighted by atomic mass is 9.96. The van der Waals surface area contributed by atoms with Gasteiger partial charge in [-0.25, -0.2) is 8.42 Å². The molecule has 2 aliphatic heterocycles. The van der Waals surface area contributed by atoms with E-state index in [1.807, 2.05) is 67.0 Å². The predicted molar refractivity (Wildman–Crippen MR) is 404 cm³/mol. The van der Waals surface area contributed by atoms with Crippen molar-refractivity contribution < 1.29 is 70.7 Å². The zero-order chi connectivity index (χ0) is 79.6. The topological polar surface area (TPSA) is 342 Å². The Kier molecular flexibility index (Phi) is 36.2. The Hall–Kier alpha value is -8.50. The molecule has 2 aromatic carbocycles. The number of unbranched alkanes of at least 4 members (excludes halogenated alkanes) is 1. The van der Waals surface area contributed by atoms with Crippen molar-refractivity contribution in [2.45, 2.75) is 227 Å². The number of rotatable bonds is 22. The van der Waals surface area contributed by atoms with Crippen LogP contribution in [0.2, 0.25) is 0 Å². The van der Waals surface area contributed by atoms with E-state index in [-0.39, 0.29) is 81.1 Å². The highest BCUT2D eigenvalue weighted by Crippen LogP contribution is 2.24. The fourth-order valence-electron chi connectivity index (χ4n) is 13.3. The molecule has 2 aromatic rings. The van der Waals surface area contributed by atoms with Crippen molar-refractivity contribution in [3.05, 3.63) is 71.8 Å². The van der Waals surface area contributed by atoms with E-state index in [1.165, 1.54) is 61.9 Å². The summed E-state index contributed by atoms with van der Waals surface area (Å²) in [6.45, 7) is 19.7. The second-order valence-electron chi connectivity index (χ2n) is 31.0. The maximum Gasteiger partial charge on any atom is 0.246 e. The second-order valence-corrected chi connectivity index (χ2v) is 32.7. The van der Waals surface area contributed by atoms with Crippen LogP contribution in [0.25, 0.3) is 0 Å². The van der Waals surface area contributed by atoms with E-state index in [1.54, 1.807) is 79.4 Å². The summed E-state index contributed by atoms with van der Waals surface area (Å²) in [5.74, 6) is -11.0. The summed E-state index contributed by atoms with van der Waals surface area (Å²) in [4.78, 5) is 205. The zero-order valence-corrected chi connectivity index (χ0v) is 66.9. The smallest absolute Gasteiger partial charge is 0.246 e. The molecule has 106 heavy (non-hydrogen) atoms. The third-order valence-electron chi connectivity index (χ3n) is 19.4. The van der Waals surface area contributed by atoms with Gasteiger partial charge in [-0.05, 0) is 105 Å². The number of sulfonamides is 1. The van der Waals surface area contributed by atoms with Crippen molar-refractivity contribution >= 4 is 86.8 Å². The normalized spacial score (nSPS) is 23.4. The van der Waals surface area contributed by atoms with Gasteiger partial charge in [0.2, 0.25) is 86.8 Å². The molecule has 0 radical (unpaired) electrons. The Bertz CT molecular complexity index is 3420. The number of likely N-dealkylation sites (tertiary alicyclic amines) is 1. The molecule has 0 bridgehead atoms. The van der Waals surface area contributed by atoms with Crippen LogP contribution in [0, 0.1) is 29.6 Å².